The summed E-state index contributed by atoms with van der Waals surface area (Å²) in [6.45, 7) is -0.103. The lowest BCUT2D eigenvalue weighted by Crippen LogP contribution is -2.12. The molecular formula is C23H22O5. The van der Waals surface area contributed by atoms with Crippen LogP contribution >= 0.6 is 0 Å². The molecule has 0 N–H and O–H groups in total. The van der Waals surface area contributed by atoms with Crippen molar-refractivity contribution in [2.24, 2.45) is 0 Å². The summed E-state index contributed by atoms with van der Waals surface area (Å²) in [5.74, 6) is 0.974. The number of hydrogen-bond donors (Lipinski definition) is 0. The van der Waals surface area contributed by atoms with Crippen molar-refractivity contribution in [3.05, 3.63) is 69.6 Å². The lowest BCUT2D eigenvalue weighted by atomic mass is 10.0. The Bertz CT molecular complexity index is 1080. The Kier molecular flexibility index (Phi) is 5.15. The summed E-state index contributed by atoms with van der Waals surface area (Å²) >= 11 is 0. The van der Waals surface area contributed by atoms with Gasteiger partial charge in [0.1, 0.15) is 17.1 Å². The second-order valence-corrected chi connectivity index (χ2v) is 7.01. The summed E-state index contributed by atoms with van der Waals surface area (Å²) in [4.78, 5) is 24.8. The normalized spacial score (nSPS) is 13.6. The Morgan fingerprint density at radius 1 is 1.00 bits per heavy atom. The van der Waals surface area contributed by atoms with Gasteiger partial charge in [0, 0.05) is 22.6 Å². The van der Waals surface area contributed by atoms with Gasteiger partial charge in [0.15, 0.2) is 12.4 Å². The smallest absolute Gasteiger partial charge is 0.339 e. The highest BCUT2D eigenvalue weighted by Gasteiger charge is 2.17. The molecule has 5 nitrogen and oxygen atoms in total. The minimum atomic E-state index is -0.256. The predicted molar refractivity (Wildman–Crippen MR) is 107 cm³/mol. The molecule has 0 amide bonds. The van der Waals surface area contributed by atoms with Crippen LogP contribution in [0.4, 0.5) is 0 Å². The second kappa shape index (κ2) is 7.89. The van der Waals surface area contributed by atoms with E-state index in [9.17, 15) is 9.59 Å². The SMILES string of the molecule is COc1cccc(C(=O)COc2ccc3c4c(c(=O)oc3c2)CCCCC4)c1. The van der Waals surface area contributed by atoms with Gasteiger partial charge < -0.3 is 13.9 Å². The highest BCUT2D eigenvalue weighted by molar-refractivity contribution is 5.97. The van der Waals surface area contributed by atoms with E-state index in [1.165, 1.54) is 0 Å². The lowest BCUT2D eigenvalue weighted by molar-refractivity contribution is 0.0921. The van der Waals surface area contributed by atoms with Gasteiger partial charge in [-0.25, -0.2) is 4.79 Å². The van der Waals surface area contributed by atoms with Crippen molar-refractivity contribution in [2.45, 2.75) is 32.1 Å². The van der Waals surface area contributed by atoms with Crippen molar-refractivity contribution in [1.82, 2.24) is 0 Å². The summed E-state index contributed by atoms with van der Waals surface area (Å²) < 4.78 is 16.3. The third-order valence-electron chi connectivity index (χ3n) is 5.21. The van der Waals surface area contributed by atoms with Gasteiger partial charge in [-0.3, -0.25) is 4.79 Å². The fraction of sp³-hybridized carbons (Fsp3) is 0.304. The topological polar surface area (TPSA) is 65.7 Å². The molecule has 1 aliphatic rings. The number of carbonyl (C=O) groups excluding carboxylic acids is 1. The fourth-order valence-electron chi connectivity index (χ4n) is 3.72. The van der Waals surface area contributed by atoms with Crippen LogP contribution in [0.2, 0.25) is 0 Å². The number of ketones is 1. The Morgan fingerprint density at radius 2 is 1.82 bits per heavy atom. The van der Waals surface area contributed by atoms with Gasteiger partial charge in [0.25, 0.3) is 0 Å². The maximum absolute atomic E-state index is 12.4. The lowest BCUT2D eigenvalue weighted by Gasteiger charge is -2.10. The van der Waals surface area contributed by atoms with Crippen LogP contribution in [0.1, 0.15) is 40.7 Å². The number of hydrogen-bond acceptors (Lipinski definition) is 5. The zero-order valence-electron chi connectivity index (χ0n) is 15.8. The van der Waals surface area contributed by atoms with Gasteiger partial charge in [-0.1, -0.05) is 18.6 Å². The molecule has 1 aromatic heterocycles. The van der Waals surface area contributed by atoms with Crippen LogP contribution in [0.25, 0.3) is 11.0 Å². The van der Waals surface area contributed by atoms with E-state index in [1.54, 1.807) is 37.4 Å². The predicted octanol–water partition coefficient (Wildman–Crippen LogP) is 4.33. The zero-order valence-corrected chi connectivity index (χ0v) is 15.8. The molecule has 0 bridgehead atoms. The summed E-state index contributed by atoms with van der Waals surface area (Å²) in [6, 6.07) is 12.4. The van der Waals surface area contributed by atoms with E-state index < -0.39 is 0 Å². The quantitative estimate of drug-likeness (QED) is 0.376. The van der Waals surface area contributed by atoms with Gasteiger partial charge in [-0.2, -0.15) is 0 Å². The van der Waals surface area contributed by atoms with Gasteiger partial charge in [-0.15, -0.1) is 0 Å². The number of aryl methyl sites for hydroxylation is 1. The number of carbonyl (C=O) groups is 1. The third kappa shape index (κ3) is 3.65. The molecule has 0 saturated carbocycles. The first-order valence-electron chi connectivity index (χ1n) is 9.54. The fourth-order valence-corrected chi connectivity index (χ4v) is 3.72. The highest BCUT2D eigenvalue weighted by Crippen LogP contribution is 2.28. The second-order valence-electron chi connectivity index (χ2n) is 7.01. The Morgan fingerprint density at radius 3 is 2.64 bits per heavy atom. The van der Waals surface area contributed by atoms with Crippen LogP contribution in [0.15, 0.2) is 51.7 Å². The molecule has 0 fully saturated rings. The molecule has 0 spiro atoms. The molecule has 144 valence electrons. The molecule has 0 radical (unpaired) electrons. The molecule has 0 saturated heterocycles. The standard InChI is InChI=1S/C23H22O5/c1-26-16-7-5-6-15(12-16)21(24)14-27-17-10-11-19-18-8-3-2-4-9-20(18)23(25)28-22(19)13-17/h5-7,10-13H,2-4,8-9,14H2,1H3. The molecular weight excluding hydrogens is 356 g/mol. The molecule has 3 aromatic rings. The van der Waals surface area contributed by atoms with Crippen LogP contribution in [-0.4, -0.2) is 19.5 Å². The Balaban J connectivity index is 1.56. The Labute approximate surface area is 162 Å². The van der Waals surface area contributed by atoms with Gasteiger partial charge in [0.05, 0.1) is 7.11 Å². The first-order valence-corrected chi connectivity index (χ1v) is 9.54. The van der Waals surface area contributed by atoms with Crippen LogP contribution < -0.4 is 15.1 Å². The number of Topliss-reactive ketones (excluding diaryl/α,β-unsaturated/α-hetero) is 1. The molecule has 28 heavy (non-hydrogen) atoms. The summed E-state index contributed by atoms with van der Waals surface area (Å²) in [6.07, 6.45) is 4.91. The zero-order chi connectivity index (χ0) is 19.5. The number of ether oxygens (including phenoxy) is 2. The maximum Gasteiger partial charge on any atom is 0.339 e. The van der Waals surface area contributed by atoms with E-state index in [0.29, 0.717) is 22.6 Å². The van der Waals surface area contributed by atoms with Crippen molar-refractivity contribution in [3.8, 4) is 11.5 Å². The molecule has 0 unspecified atom stereocenters. The van der Waals surface area contributed by atoms with E-state index in [-0.39, 0.29) is 18.0 Å². The Hall–Kier alpha value is -3.08. The van der Waals surface area contributed by atoms with Gasteiger partial charge in [0.2, 0.25) is 0 Å². The number of fused-ring (bicyclic) bond motifs is 3. The molecule has 1 aliphatic carbocycles. The number of rotatable bonds is 5. The van der Waals surface area contributed by atoms with E-state index in [2.05, 4.69) is 0 Å². The van der Waals surface area contributed by atoms with Gasteiger partial charge >= 0.3 is 5.63 Å². The van der Waals surface area contributed by atoms with Crippen LogP contribution in [0, 0.1) is 0 Å². The van der Waals surface area contributed by atoms with E-state index >= 15 is 0 Å². The molecule has 0 atom stereocenters. The van der Waals surface area contributed by atoms with Crippen LogP contribution in [0.5, 0.6) is 11.5 Å². The highest BCUT2D eigenvalue weighted by atomic mass is 16.5. The molecule has 1 heterocycles. The number of methoxy groups -OCH3 is 1. The molecule has 5 heteroatoms. The maximum atomic E-state index is 12.4. The summed E-state index contributed by atoms with van der Waals surface area (Å²) in [5.41, 5.74) is 2.69. The number of benzene rings is 2. The monoisotopic (exact) mass is 378 g/mol. The first-order chi connectivity index (χ1) is 13.7. The third-order valence-corrected chi connectivity index (χ3v) is 5.21. The largest absolute Gasteiger partial charge is 0.497 e. The van der Waals surface area contributed by atoms with Crippen molar-refractivity contribution >= 4 is 16.8 Å². The van der Waals surface area contributed by atoms with Crippen molar-refractivity contribution in [3.63, 3.8) is 0 Å². The first kappa shape index (κ1) is 18.3. The molecule has 0 aliphatic heterocycles. The summed E-state index contributed by atoms with van der Waals surface area (Å²) in [7, 11) is 1.56. The van der Waals surface area contributed by atoms with E-state index in [1.807, 2.05) is 12.1 Å². The summed E-state index contributed by atoms with van der Waals surface area (Å²) in [5, 5.41) is 0.961. The molecule has 4 rings (SSSR count). The van der Waals surface area contributed by atoms with Crippen molar-refractivity contribution in [1.29, 1.82) is 0 Å². The minimum absolute atomic E-state index is 0.103. The van der Waals surface area contributed by atoms with Crippen molar-refractivity contribution in [2.75, 3.05) is 13.7 Å². The van der Waals surface area contributed by atoms with E-state index in [4.69, 9.17) is 13.9 Å². The average Bonchev–Trinajstić information content (AvgIpc) is 2.98. The average molecular weight is 378 g/mol. The minimum Gasteiger partial charge on any atom is -0.497 e. The van der Waals surface area contributed by atoms with E-state index in [0.717, 1.165) is 48.6 Å². The van der Waals surface area contributed by atoms with Crippen LogP contribution in [-0.2, 0) is 12.8 Å². The van der Waals surface area contributed by atoms with Crippen molar-refractivity contribution < 1.29 is 18.7 Å². The molecule has 2 aromatic carbocycles. The van der Waals surface area contributed by atoms with Crippen LogP contribution in [0.3, 0.4) is 0 Å². The van der Waals surface area contributed by atoms with Gasteiger partial charge in [-0.05, 0) is 55.5 Å².